The van der Waals surface area contributed by atoms with Crippen LogP contribution in [-0.4, -0.2) is 0 Å². The summed E-state index contributed by atoms with van der Waals surface area (Å²) in [6.45, 7) is 0. The van der Waals surface area contributed by atoms with Crippen molar-refractivity contribution in [2.24, 2.45) is 0 Å². The molecule has 3 heterocycles. The molecule has 0 N–H and O–H groups in total. The van der Waals surface area contributed by atoms with Crippen LogP contribution in [-0.2, 0) is 0 Å². The minimum atomic E-state index is 0.819. The van der Waals surface area contributed by atoms with E-state index in [1.807, 2.05) is 24.3 Å². The molecule has 49 heavy (non-hydrogen) atoms. The largest absolute Gasteiger partial charge is 0.456 e. The topological polar surface area (TPSA) is 39.4 Å². The average Bonchev–Trinajstić information content (AvgIpc) is 3.85. The second-order valence-corrected chi connectivity index (χ2v) is 12.7. The Morgan fingerprint density at radius 3 is 1.53 bits per heavy atom. The van der Waals surface area contributed by atoms with Crippen LogP contribution in [0, 0.1) is 0 Å². The van der Waals surface area contributed by atoms with Gasteiger partial charge in [-0.2, -0.15) is 0 Å². The van der Waals surface area contributed by atoms with Gasteiger partial charge in [0.2, 0.25) is 0 Å². The Hall–Kier alpha value is -6.58. The van der Waals surface area contributed by atoms with E-state index in [-0.39, 0.29) is 0 Å². The van der Waals surface area contributed by atoms with Crippen molar-refractivity contribution in [3.05, 3.63) is 158 Å². The third kappa shape index (κ3) is 3.73. The molecule has 3 heteroatoms. The molecule has 0 fully saturated rings. The van der Waals surface area contributed by atoms with Gasteiger partial charge in [0.15, 0.2) is 0 Å². The number of benzene rings is 8. The second kappa shape index (κ2) is 9.96. The lowest BCUT2D eigenvalue weighted by molar-refractivity contribution is 0.636. The van der Waals surface area contributed by atoms with Crippen LogP contribution in [0.5, 0.6) is 0 Å². The van der Waals surface area contributed by atoms with Crippen molar-refractivity contribution in [3.63, 3.8) is 0 Å². The van der Waals surface area contributed by atoms with E-state index in [9.17, 15) is 0 Å². The third-order valence-corrected chi connectivity index (χ3v) is 10.1. The number of hydrogen-bond acceptors (Lipinski definition) is 3. The maximum atomic E-state index is 7.20. The van der Waals surface area contributed by atoms with Gasteiger partial charge < -0.3 is 13.3 Å². The summed E-state index contributed by atoms with van der Waals surface area (Å²) < 4.78 is 19.9. The normalized spacial score (nSPS) is 12.1. The Bertz CT molecular complexity index is 3040. The third-order valence-electron chi connectivity index (χ3n) is 10.1. The number of hydrogen-bond donors (Lipinski definition) is 0. The molecule has 0 radical (unpaired) electrons. The fourth-order valence-corrected chi connectivity index (χ4v) is 8.00. The fraction of sp³-hybridized carbons (Fsp3) is 0. The van der Waals surface area contributed by atoms with E-state index in [2.05, 4.69) is 133 Å². The van der Waals surface area contributed by atoms with Crippen molar-refractivity contribution in [3.8, 4) is 33.6 Å². The van der Waals surface area contributed by atoms with Gasteiger partial charge in [0.05, 0.1) is 5.39 Å². The Kier molecular flexibility index (Phi) is 5.38. The highest BCUT2D eigenvalue weighted by Crippen LogP contribution is 2.51. The van der Waals surface area contributed by atoms with E-state index in [4.69, 9.17) is 13.3 Å². The maximum absolute atomic E-state index is 7.20. The van der Waals surface area contributed by atoms with Crippen LogP contribution >= 0.6 is 0 Å². The maximum Gasteiger partial charge on any atom is 0.147 e. The summed E-state index contributed by atoms with van der Waals surface area (Å²) in [4.78, 5) is 0. The van der Waals surface area contributed by atoms with Crippen molar-refractivity contribution in [1.82, 2.24) is 0 Å². The molecule has 0 spiro atoms. The Morgan fingerprint density at radius 2 is 0.816 bits per heavy atom. The van der Waals surface area contributed by atoms with E-state index >= 15 is 0 Å². The molecular weight excluding hydrogens is 601 g/mol. The molecule has 8 aromatic carbocycles. The van der Waals surface area contributed by atoms with Gasteiger partial charge in [0.1, 0.15) is 33.7 Å². The van der Waals surface area contributed by atoms with Gasteiger partial charge in [0, 0.05) is 32.7 Å². The first kappa shape index (κ1) is 26.5. The van der Waals surface area contributed by atoms with Gasteiger partial charge in [-0.1, -0.05) is 121 Å². The van der Waals surface area contributed by atoms with Crippen molar-refractivity contribution in [1.29, 1.82) is 0 Å². The highest BCUT2D eigenvalue weighted by atomic mass is 16.3. The van der Waals surface area contributed by atoms with Gasteiger partial charge in [-0.25, -0.2) is 0 Å². The molecule has 0 aliphatic rings. The first-order valence-electron chi connectivity index (χ1n) is 16.6. The molecule has 0 saturated carbocycles. The van der Waals surface area contributed by atoms with Gasteiger partial charge in [0.25, 0.3) is 0 Å². The zero-order valence-electron chi connectivity index (χ0n) is 26.2. The summed E-state index contributed by atoms with van der Waals surface area (Å²) in [5, 5.41) is 9.94. The van der Waals surface area contributed by atoms with Gasteiger partial charge in [-0.3, -0.25) is 0 Å². The molecule has 3 aromatic heterocycles. The number of furan rings is 3. The zero-order chi connectivity index (χ0) is 32.1. The van der Waals surface area contributed by atoms with Crippen LogP contribution in [0.4, 0.5) is 0 Å². The van der Waals surface area contributed by atoms with Crippen molar-refractivity contribution in [2.75, 3.05) is 0 Å². The molecule has 0 saturated heterocycles. The number of fused-ring (bicyclic) bond motifs is 10. The highest BCUT2D eigenvalue weighted by Gasteiger charge is 2.26. The zero-order valence-corrected chi connectivity index (χ0v) is 26.2. The molecule has 228 valence electrons. The van der Waals surface area contributed by atoms with E-state index in [1.54, 1.807) is 0 Å². The molecule has 0 bridgehead atoms. The summed E-state index contributed by atoms with van der Waals surface area (Å²) in [5.74, 6) is 0.852. The quantitative estimate of drug-likeness (QED) is 0.183. The molecule has 0 amide bonds. The predicted molar refractivity (Wildman–Crippen MR) is 202 cm³/mol. The molecule has 0 aliphatic heterocycles. The van der Waals surface area contributed by atoms with E-state index < -0.39 is 0 Å². The first-order chi connectivity index (χ1) is 24.3. The van der Waals surface area contributed by atoms with Crippen LogP contribution in [0.25, 0.3) is 110 Å². The molecule has 0 aliphatic carbocycles. The Morgan fingerprint density at radius 1 is 0.286 bits per heavy atom. The monoisotopic (exact) mass is 626 g/mol. The lowest BCUT2D eigenvalue weighted by Crippen LogP contribution is -1.91. The molecule has 11 aromatic rings. The Labute approximate surface area is 280 Å². The predicted octanol–water partition coefficient (Wildman–Crippen LogP) is 13.5. The lowest BCUT2D eigenvalue weighted by Gasteiger charge is -2.17. The van der Waals surface area contributed by atoms with E-state index in [0.29, 0.717) is 0 Å². The second-order valence-electron chi connectivity index (χ2n) is 12.7. The van der Waals surface area contributed by atoms with Crippen molar-refractivity contribution in [2.45, 2.75) is 0 Å². The van der Waals surface area contributed by atoms with Crippen LogP contribution in [0.2, 0.25) is 0 Å². The van der Waals surface area contributed by atoms with Crippen LogP contribution in [0.1, 0.15) is 0 Å². The van der Waals surface area contributed by atoms with Crippen molar-refractivity contribution < 1.29 is 13.3 Å². The van der Waals surface area contributed by atoms with Gasteiger partial charge >= 0.3 is 0 Å². The van der Waals surface area contributed by atoms with E-state index in [1.165, 1.54) is 5.56 Å². The van der Waals surface area contributed by atoms with Gasteiger partial charge in [-0.05, 0) is 74.6 Å². The number of rotatable bonds is 3. The van der Waals surface area contributed by atoms with Crippen LogP contribution < -0.4 is 0 Å². The minimum absolute atomic E-state index is 0.819. The SMILES string of the molecule is c1ccc(-c2c(-c3c4ccccc4c(-c4ccc5c(c4)oc4ccccc45)c4ccccc34)oc3c2ccc2oc4ccccc4c23)cc1. The minimum Gasteiger partial charge on any atom is -0.456 e. The summed E-state index contributed by atoms with van der Waals surface area (Å²) >= 11 is 0. The first-order valence-corrected chi connectivity index (χ1v) is 16.6. The Balaban J connectivity index is 1.28. The average molecular weight is 627 g/mol. The lowest BCUT2D eigenvalue weighted by atomic mass is 9.86. The summed E-state index contributed by atoms with van der Waals surface area (Å²) in [5.41, 5.74) is 9.85. The molecule has 0 atom stereocenters. The number of para-hydroxylation sites is 2. The summed E-state index contributed by atoms with van der Waals surface area (Å²) in [6, 6.07) is 55.3. The van der Waals surface area contributed by atoms with Crippen molar-refractivity contribution >= 4 is 76.4 Å². The van der Waals surface area contributed by atoms with E-state index in [0.717, 1.165) is 104 Å². The standard InChI is InChI=1S/C46H26O3/c1-2-12-27(13-3-1)42-36-24-25-39-44(35-19-9-11-21-38(35)47-39)45(36)49-46(42)43-33-17-6-4-15-31(33)41(32-16-5-7-18-34(32)43)28-22-23-30-29-14-8-10-20-37(29)48-40(30)26-28/h1-26H. The molecule has 3 nitrogen and oxygen atoms in total. The highest BCUT2D eigenvalue weighted by molar-refractivity contribution is 6.26. The molecular formula is C46H26O3. The fourth-order valence-electron chi connectivity index (χ4n) is 8.00. The van der Waals surface area contributed by atoms with Crippen LogP contribution in [0.15, 0.2) is 171 Å². The van der Waals surface area contributed by atoms with Gasteiger partial charge in [-0.15, -0.1) is 0 Å². The van der Waals surface area contributed by atoms with Crippen LogP contribution in [0.3, 0.4) is 0 Å². The summed E-state index contributed by atoms with van der Waals surface area (Å²) in [7, 11) is 0. The molecule has 0 unspecified atom stereocenters. The molecule has 11 rings (SSSR count). The summed E-state index contributed by atoms with van der Waals surface area (Å²) in [6.07, 6.45) is 0. The smallest absolute Gasteiger partial charge is 0.147 e.